The predicted octanol–water partition coefficient (Wildman–Crippen LogP) is 2.52. The van der Waals surface area contributed by atoms with Crippen LogP contribution in [0.15, 0.2) is 28.7 Å². The Morgan fingerprint density at radius 1 is 1.47 bits per heavy atom. The normalized spacial score (nSPS) is 12.2. The van der Waals surface area contributed by atoms with Crippen molar-refractivity contribution in [1.29, 1.82) is 0 Å². The fraction of sp³-hybridized carbons (Fsp3) is 0.364. The quantitative estimate of drug-likeness (QED) is 0.884. The van der Waals surface area contributed by atoms with Gasteiger partial charge in [-0.3, -0.25) is 4.79 Å². The fourth-order valence-electron chi connectivity index (χ4n) is 1.12. The minimum Gasteiger partial charge on any atom is -0.328 e. The van der Waals surface area contributed by atoms with Crippen LogP contribution in [0, 0.1) is 0 Å². The number of nitrogens with two attached hydrogens (primary N) is 1. The molecule has 0 heterocycles. The van der Waals surface area contributed by atoms with Gasteiger partial charge < -0.3 is 11.1 Å². The maximum Gasteiger partial charge on any atom is 0.224 e. The highest BCUT2D eigenvalue weighted by atomic mass is 79.9. The van der Waals surface area contributed by atoms with Crippen LogP contribution in [0.3, 0.4) is 0 Å². The molecule has 3 nitrogen and oxygen atoms in total. The summed E-state index contributed by atoms with van der Waals surface area (Å²) < 4.78 is 0.996. The second-order valence-corrected chi connectivity index (χ2v) is 4.49. The Kier molecular flexibility index (Phi) is 4.78. The molecule has 0 aliphatic carbocycles. The molecule has 1 aromatic rings. The van der Waals surface area contributed by atoms with Crippen molar-refractivity contribution in [1.82, 2.24) is 0 Å². The number of rotatable bonds is 4. The van der Waals surface area contributed by atoms with Gasteiger partial charge in [-0.25, -0.2) is 0 Å². The van der Waals surface area contributed by atoms with Crippen LogP contribution in [0.25, 0.3) is 0 Å². The zero-order valence-electron chi connectivity index (χ0n) is 8.66. The smallest absolute Gasteiger partial charge is 0.224 e. The summed E-state index contributed by atoms with van der Waals surface area (Å²) >= 11 is 3.33. The molecule has 0 saturated carbocycles. The maximum absolute atomic E-state index is 11.4. The highest BCUT2D eigenvalue weighted by Gasteiger charge is 2.03. The molecule has 0 bridgehead atoms. The summed E-state index contributed by atoms with van der Waals surface area (Å²) in [5.74, 6) is 0.00891. The summed E-state index contributed by atoms with van der Waals surface area (Å²) in [6.07, 6.45) is 1.18. The number of carbonyl (C=O) groups is 1. The molecule has 0 aliphatic rings. The molecule has 4 heteroatoms. The van der Waals surface area contributed by atoms with Crippen LogP contribution >= 0.6 is 15.9 Å². The lowest BCUT2D eigenvalue weighted by Gasteiger charge is -2.06. The zero-order chi connectivity index (χ0) is 11.3. The number of nitrogens with one attached hydrogen (secondary N) is 1. The van der Waals surface area contributed by atoms with Crippen molar-refractivity contribution in [2.45, 2.75) is 25.8 Å². The van der Waals surface area contributed by atoms with E-state index in [9.17, 15) is 4.79 Å². The van der Waals surface area contributed by atoms with Gasteiger partial charge >= 0.3 is 0 Å². The standard InChI is InChI=1S/C11H15BrN2O/c1-8(13)2-7-11(15)14-10-5-3-9(12)4-6-10/h3-6,8H,2,7,13H2,1H3,(H,14,15). The molecule has 0 saturated heterocycles. The second-order valence-electron chi connectivity index (χ2n) is 3.57. The molecule has 82 valence electrons. The van der Waals surface area contributed by atoms with Crippen LogP contribution in [0.1, 0.15) is 19.8 Å². The molecule has 1 atom stereocenters. The van der Waals surface area contributed by atoms with E-state index >= 15 is 0 Å². The van der Waals surface area contributed by atoms with E-state index in [-0.39, 0.29) is 11.9 Å². The molecule has 0 radical (unpaired) electrons. The van der Waals surface area contributed by atoms with Crippen LogP contribution in [0.4, 0.5) is 5.69 Å². The Labute approximate surface area is 98.2 Å². The Balaban J connectivity index is 2.41. The van der Waals surface area contributed by atoms with Crippen molar-refractivity contribution in [2.75, 3.05) is 5.32 Å². The van der Waals surface area contributed by atoms with Gasteiger partial charge in [-0.2, -0.15) is 0 Å². The third-order valence-corrected chi connectivity index (χ3v) is 2.48. The maximum atomic E-state index is 11.4. The number of amides is 1. The van der Waals surface area contributed by atoms with E-state index < -0.39 is 0 Å². The van der Waals surface area contributed by atoms with E-state index in [1.165, 1.54) is 0 Å². The first kappa shape index (κ1) is 12.2. The minimum absolute atomic E-state index is 0.00891. The van der Waals surface area contributed by atoms with Gasteiger partial charge in [0, 0.05) is 22.6 Å². The molecule has 1 aromatic carbocycles. The second kappa shape index (κ2) is 5.88. The first-order chi connectivity index (χ1) is 7.08. The van der Waals surface area contributed by atoms with E-state index in [0.717, 1.165) is 10.2 Å². The Bertz CT molecular complexity index is 322. The van der Waals surface area contributed by atoms with Gasteiger partial charge in [0.15, 0.2) is 0 Å². The van der Waals surface area contributed by atoms with Gasteiger partial charge in [-0.05, 0) is 37.6 Å². The average molecular weight is 271 g/mol. The summed E-state index contributed by atoms with van der Waals surface area (Å²) in [5.41, 5.74) is 6.38. The summed E-state index contributed by atoms with van der Waals surface area (Å²) in [7, 11) is 0. The molecule has 0 aliphatic heterocycles. The van der Waals surface area contributed by atoms with Gasteiger partial charge in [0.25, 0.3) is 0 Å². The third kappa shape index (κ3) is 4.95. The number of hydrogen-bond acceptors (Lipinski definition) is 2. The molecule has 1 amide bonds. The van der Waals surface area contributed by atoms with E-state index in [1.807, 2.05) is 31.2 Å². The van der Waals surface area contributed by atoms with Gasteiger partial charge in [0.1, 0.15) is 0 Å². The van der Waals surface area contributed by atoms with Gasteiger partial charge in [-0.15, -0.1) is 0 Å². The summed E-state index contributed by atoms with van der Waals surface area (Å²) in [6.45, 7) is 1.90. The average Bonchev–Trinajstić information content (AvgIpc) is 2.19. The van der Waals surface area contributed by atoms with Crippen LogP contribution in [0.5, 0.6) is 0 Å². The van der Waals surface area contributed by atoms with E-state index in [1.54, 1.807) is 0 Å². The Hall–Kier alpha value is -0.870. The van der Waals surface area contributed by atoms with Gasteiger partial charge in [-0.1, -0.05) is 15.9 Å². The summed E-state index contributed by atoms with van der Waals surface area (Å²) in [5, 5.41) is 2.81. The molecule has 3 N–H and O–H groups in total. The minimum atomic E-state index is 0.00891. The first-order valence-electron chi connectivity index (χ1n) is 4.89. The number of benzene rings is 1. The lowest BCUT2D eigenvalue weighted by atomic mass is 10.2. The monoisotopic (exact) mass is 270 g/mol. The molecule has 1 rings (SSSR count). The SMILES string of the molecule is CC(N)CCC(=O)Nc1ccc(Br)cc1. The van der Waals surface area contributed by atoms with Crippen LogP contribution in [0.2, 0.25) is 0 Å². The van der Waals surface area contributed by atoms with Crippen molar-refractivity contribution in [3.05, 3.63) is 28.7 Å². The van der Waals surface area contributed by atoms with Crippen molar-refractivity contribution in [3.63, 3.8) is 0 Å². The van der Waals surface area contributed by atoms with Crippen LogP contribution in [-0.4, -0.2) is 11.9 Å². The van der Waals surface area contributed by atoms with E-state index in [4.69, 9.17) is 5.73 Å². The van der Waals surface area contributed by atoms with Gasteiger partial charge in [0.2, 0.25) is 5.91 Å². The molecule has 1 unspecified atom stereocenters. The third-order valence-electron chi connectivity index (χ3n) is 1.95. The molecule has 0 aromatic heterocycles. The van der Waals surface area contributed by atoms with Crippen molar-refractivity contribution < 1.29 is 4.79 Å². The number of anilines is 1. The van der Waals surface area contributed by atoms with Gasteiger partial charge in [0.05, 0.1) is 0 Å². The lowest BCUT2D eigenvalue weighted by Crippen LogP contribution is -2.19. The van der Waals surface area contributed by atoms with E-state index in [2.05, 4.69) is 21.2 Å². The van der Waals surface area contributed by atoms with E-state index in [0.29, 0.717) is 12.8 Å². The molecular weight excluding hydrogens is 256 g/mol. The van der Waals surface area contributed by atoms with Crippen molar-refractivity contribution in [3.8, 4) is 0 Å². The van der Waals surface area contributed by atoms with Crippen LogP contribution in [-0.2, 0) is 4.79 Å². The number of hydrogen-bond donors (Lipinski definition) is 2. The van der Waals surface area contributed by atoms with Crippen molar-refractivity contribution >= 4 is 27.5 Å². The number of halogens is 1. The van der Waals surface area contributed by atoms with Crippen molar-refractivity contribution in [2.24, 2.45) is 5.73 Å². The highest BCUT2D eigenvalue weighted by Crippen LogP contribution is 2.14. The molecule has 15 heavy (non-hydrogen) atoms. The topological polar surface area (TPSA) is 55.1 Å². The largest absolute Gasteiger partial charge is 0.328 e. The Morgan fingerprint density at radius 3 is 2.60 bits per heavy atom. The van der Waals surface area contributed by atoms with Crippen LogP contribution < -0.4 is 11.1 Å². The Morgan fingerprint density at radius 2 is 2.07 bits per heavy atom. The molecule has 0 spiro atoms. The fourth-order valence-corrected chi connectivity index (χ4v) is 1.38. The zero-order valence-corrected chi connectivity index (χ0v) is 10.3. The molecule has 0 fully saturated rings. The first-order valence-corrected chi connectivity index (χ1v) is 5.68. The lowest BCUT2D eigenvalue weighted by molar-refractivity contribution is -0.116. The predicted molar refractivity (Wildman–Crippen MR) is 65.7 cm³/mol. The molecular formula is C11H15BrN2O. The number of carbonyl (C=O) groups excluding carboxylic acids is 1. The highest BCUT2D eigenvalue weighted by molar-refractivity contribution is 9.10. The summed E-state index contributed by atoms with van der Waals surface area (Å²) in [4.78, 5) is 11.4. The summed E-state index contributed by atoms with van der Waals surface area (Å²) in [6, 6.07) is 7.56.